The number of nitrogens with one attached hydrogen (secondary N) is 2. The van der Waals surface area contributed by atoms with Gasteiger partial charge in [-0.2, -0.15) is 0 Å². The largest absolute Gasteiger partial charge is 0.493 e. The number of ether oxygens (including phenoxy) is 4. The molecule has 1 aliphatic heterocycles. The van der Waals surface area contributed by atoms with Crippen molar-refractivity contribution < 1.29 is 28.5 Å². The Morgan fingerprint density at radius 1 is 0.643 bits per heavy atom. The van der Waals surface area contributed by atoms with Gasteiger partial charge in [0.2, 0.25) is 11.8 Å². The van der Waals surface area contributed by atoms with E-state index >= 15 is 0 Å². The summed E-state index contributed by atoms with van der Waals surface area (Å²) in [5.74, 6) is 2.34. The van der Waals surface area contributed by atoms with Crippen LogP contribution in [0.25, 0.3) is 12.2 Å². The van der Waals surface area contributed by atoms with Crippen LogP contribution in [0.3, 0.4) is 0 Å². The van der Waals surface area contributed by atoms with Gasteiger partial charge in [-0.05, 0) is 73.5 Å². The van der Waals surface area contributed by atoms with Crippen LogP contribution in [0.4, 0.5) is 0 Å². The summed E-state index contributed by atoms with van der Waals surface area (Å²) in [6.07, 6.45) is 8.41. The molecule has 0 spiro atoms. The van der Waals surface area contributed by atoms with E-state index in [1.807, 2.05) is 36.4 Å². The average molecular weight is 581 g/mol. The molecule has 0 bridgehead atoms. The molecule has 1 saturated heterocycles. The number of hydrogen-bond acceptors (Lipinski definition) is 8. The second-order valence-electron chi connectivity index (χ2n) is 9.87. The molecule has 10 heteroatoms. The number of benzene rings is 2. The van der Waals surface area contributed by atoms with Gasteiger partial charge in [-0.15, -0.1) is 0 Å². The topological polar surface area (TPSA) is 102 Å². The number of methoxy groups -OCH3 is 4. The average Bonchev–Trinajstić information content (AvgIpc) is 3.03. The number of nitrogens with zero attached hydrogens (tertiary/aromatic N) is 2. The predicted octanol–water partition coefficient (Wildman–Crippen LogP) is 3.08. The number of hydrogen-bond donors (Lipinski definition) is 2. The third kappa shape index (κ3) is 10.8. The molecule has 228 valence electrons. The molecule has 0 radical (unpaired) electrons. The van der Waals surface area contributed by atoms with Gasteiger partial charge in [-0.25, -0.2) is 0 Å². The standard InChI is InChI=1S/C32H44N4O6/c1-39-27-11-7-25(23-29(27)41-3)9-13-31(37)33-15-5-17-35-19-21-36(22-20-35)18-6-16-34-32(38)14-10-26-8-12-28(40-2)30(24-26)42-4/h7-14,23-24H,5-6,15-22H2,1-4H3,(H,33,37)(H,34,38)/b13-9+,14-10+. The van der Waals surface area contributed by atoms with Crippen LogP contribution in [-0.2, 0) is 9.59 Å². The molecule has 0 atom stereocenters. The predicted molar refractivity (Wildman–Crippen MR) is 165 cm³/mol. The number of carbonyl (C=O) groups excluding carboxylic acids is 2. The maximum absolute atomic E-state index is 12.2. The van der Waals surface area contributed by atoms with E-state index in [1.54, 1.807) is 40.6 Å². The maximum atomic E-state index is 12.2. The van der Waals surface area contributed by atoms with Crippen molar-refractivity contribution in [3.05, 3.63) is 59.7 Å². The normalized spacial score (nSPS) is 14.2. The van der Waals surface area contributed by atoms with E-state index in [-0.39, 0.29) is 11.8 Å². The Morgan fingerprint density at radius 3 is 1.38 bits per heavy atom. The maximum Gasteiger partial charge on any atom is 0.243 e. The Bertz CT molecular complexity index is 1110. The van der Waals surface area contributed by atoms with Crippen molar-refractivity contribution in [2.75, 3.05) is 80.8 Å². The molecule has 2 amide bonds. The van der Waals surface area contributed by atoms with Crippen molar-refractivity contribution in [3.8, 4) is 23.0 Å². The van der Waals surface area contributed by atoms with E-state index in [9.17, 15) is 9.59 Å². The van der Waals surface area contributed by atoms with Gasteiger partial charge >= 0.3 is 0 Å². The van der Waals surface area contributed by atoms with Gasteiger partial charge in [0, 0.05) is 51.4 Å². The zero-order valence-corrected chi connectivity index (χ0v) is 25.2. The highest BCUT2D eigenvalue weighted by Crippen LogP contribution is 2.28. The van der Waals surface area contributed by atoms with Crippen LogP contribution in [0.15, 0.2) is 48.6 Å². The molecule has 1 fully saturated rings. The van der Waals surface area contributed by atoms with Crippen LogP contribution in [0.5, 0.6) is 23.0 Å². The minimum absolute atomic E-state index is 0.113. The van der Waals surface area contributed by atoms with Crippen molar-refractivity contribution in [2.24, 2.45) is 0 Å². The highest BCUT2D eigenvalue weighted by atomic mass is 16.5. The van der Waals surface area contributed by atoms with Gasteiger partial charge in [0.25, 0.3) is 0 Å². The first-order valence-corrected chi connectivity index (χ1v) is 14.3. The fourth-order valence-electron chi connectivity index (χ4n) is 4.64. The molecule has 0 saturated carbocycles. The highest BCUT2D eigenvalue weighted by molar-refractivity contribution is 5.92. The summed E-state index contributed by atoms with van der Waals surface area (Å²) in [5, 5.41) is 5.91. The van der Waals surface area contributed by atoms with Gasteiger partial charge in [0.05, 0.1) is 28.4 Å². The highest BCUT2D eigenvalue weighted by Gasteiger charge is 2.16. The van der Waals surface area contributed by atoms with Crippen molar-refractivity contribution in [3.63, 3.8) is 0 Å². The van der Waals surface area contributed by atoms with Gasteiger partial charge < -0.3 is 39.4 Å². The Hall–Kier alpha value is -4.02. The SMILES string of the molecule is COc1ccc(/C=C/C(=O)NCCCN2CCN(CCCNC(=O)/C=C/c3ccc(OC)c(OC)c3)CC2)cc1OC. The first kappa shape index (κ1) is 32.5. The molecule has 1 heterocycles. The third-order valence-corrected chi connectivity index (χ3v) is 7.04. The molecular weight excluding hydrogens is 536 g/mol. The zero-order chi connectivity index (χ0) is 30.2. The summed E-state index contributed by atoms with van der Waals surface area (Å²) >= 11 is 0. The molecule has 2 N–H and O–H groups in total. The summed E-state index contributed by atoms with van der Waals surface area (Å²) in [6, 6.07) is 11.0. The Balaban J connectivity index is 1.24. The molecule has 1 aliphatic rings. The number of carbonyl (C=O) groups is 2. The second-order valence-corrected chi connectivity index (χ2v) is 9.87. The van der Waals surface area contributed by atoms with E-state index in [1.165, 1.54) is 12.2 Å². The summed E-state index contributed by atoms with van der Waals surface area (Å²) in [7, 11) is 6.36. The summed E-state index contributed by atoms with van der Waals surface area (Å²) in [5.41, 5.74) is 1.73. The van der Waals surface area contributed by atoms with Gasteiger partial charge in [-0.1, -0.05) is 12.1 Å². The lowest BCUT2D eigenvalue weighted by Gasteiger charge is -2.34. The molecule has 10 nitrogen and oxygen atoms in total. The first-order chi connectivity index (χ1) is 20.4. The van der Waals surface area contributed by atoms with Gasteiger partial charge in [0.1, 0.15) is 0 Å². The van der Waals surface area contributed by atoms with Crippen molar-refractivity contribution in [1.82, 2.24) is 20.4 Å². The lowest BCUT2D eigenvalue weighted by atomic mass is 10.2. The lowest BCUT2D eigenvalue weighted by molar-refractivity contribution is -0.117. The zero-order valence-electron chi connectivity index (χ0n) is 25.2. The van der Waals surface area contributed by atoms with E-state index in [4.69, 9.17) is 18.9 Å². The summed E-state index contributed by atoms with van der Waals surface area (Å²) < 4.78 is 21.1. The van der Waals surface area contributed by atoms with Crippen molar-refractivity contribution in [1.29, 1.82) is 0 Å². The molecule has 0 aliphatic carbocycles. The van der Waals surface area contributed by atoms with Crippen LogP contribution in [0.1, 0.15) is 24.0 Å². The first-order valence-electron chi connectivity index (χ1n) is 14.3. The molecule has 0 unspecified atom stereocenters. The van der Waals surface area contributed by atoms with E-state index in [0.717, 1.165) is 63.2 Å². The van der Waals surface area contributed by atoms with E-state index in [0.29, 0.717) is 36.1 Å². The lowest BCUT2D eigenvalue weighted by Crippen LogP contribution is -2.47. The Kier molecular flexibility index (Phi) is 13.7. The van der Waals surface area contributed by atoms with Crippen LogP contribution in [0.2, 0.25) is 0 Å². The van der Waals surface area contributed by atoms with E-state index < -0.39 is 0 Å². The van der Waals surface area contributed by atoms with Crippen LogP contribution < -0.4 is 29.6 Å². The van der Waals surface area contributed by atoms with Gasteiger partial charge in [-0.3, -0.25) is 9.59 Å². The Labute approximate surface area is 249 Å². The molecule has 2 aromatic carbocycles. The third-order valence-electron chi connectivity index (χ3n) is 7.04. The fraction of sp³-hybridized carbons (Fsp3) is 0.438. The monoisotopic (exact) mass is 580 g/mol. The van der Waals surface area contributed by atoms with Crippen LogP contribution in [-0.4, -0.2) is 102 Å². The smallest absolute Gasteiger partial charge is 0.243 e. The summed E-state index contributed by atoms with van der Waals surface area (Å²) in [4.78, 5) is 29.2. The minimum atomic E-state index is -0.113. The van der Waals surface area contributed by atoms with Crippen molar-refractivity contribution >= 4 is 24.0 Å². The second kappa shape index (κ2) is 17.7. The Morgan fingerprint density at radius 2 is 1.02 bits per heavy atom. The molecular formula is C32H44N4O6. The molecule has 0 aromatic heterocycles. The quantitative estimate of drug-likeness (QED) is 0.231. The van der Waals surface area contributed by atoms with E-state index in [2.05, 4.69) is 20.4 Å². The summed E-state index contributed by atoms with van der Waals surface area (Å²) in [6.45, 7) is 7.21. The number of amides is 2. The molecule has 3 rings (SSSR count). The number of piperazine rings is 1. The van der Waals surface area contributed by atoms with Crippen LogP contribution >= 0.6 is 0 Å². The number of rotatable bonds is 16. The molecule has 42 heavy (non-hydrogen) atoms. The van der Waals surface area contributed by atoms with Crippen molar-refractivity contribution in [2.45, 2.75) is 12.8 Å². The molecule has 2 aromatic rings. The fourth-order valence-corrected chi connectivity index (χ4v) is 4.64. The van der Waals surface area contributed by atoms with Gasteiger partial charge in [0.15, 0.2) is 23.0 Å². The van der Waals surface area contributed by atoms with Crippen LogP contribution in [0, 0.1) is 0 Å². The minimum Gasteiger partial charge on any atom is -0.493 e.